The number of carboxylic acid groups (broad SMARTS) is 2. The van der Waals surface area contributed by atoms with Gasteiger partial charge >= 0.3 is 11.9 Å². The average Bonchev–Trinajstić information content (AvgIpc) is 2.83. The molecule has 35 heavy (non-hydrogen) atoms. The minimum absolute atomic E-state index is 0.500. The zero-order valence-corrected chi connectivity index (χ0v) is 23.5. The van der Waals surface area contributed by atoms with Gasteiger partial charge in [-0.3, -0.25) is 9.59 Å². The van der Waals surface area contributed by atoms with Crippen LogP contribution in [0.3, 0.4) is 0 Å². The predicted molar refractivity (Wildman–Crippen MR) is 149 cm³/mol. The van der Waals surface area contributed by atoms with Gasteiger partial charge in [0.05, 0.1) is 11.8 Å². The van der Waals surface area contributed by atoms with Crippen molar-refractivity contribution in [1.82, 2.24) is 0 Å². The lowest BCUT2D eigenvalue weighted by molar-refractivity contribution is -0.154. The SMILES string of the molecule is CCCCCCCCCCCCCCCCCC(C(=O)O)C(CCCCCCCCCC)C(=O)O. The summed E-state index contributed by atoms with van der Waals surface area (Å²) in [7, 11) is 0. The first-order chi connectivity index (χ1) is 17.0. The maximum Gasteiger partial charge on any atom is 0.307 e. The smallest absolute Gasteiger partial charge is 0.307 e. The molecule has 2 unspecified atom stereocenters. The van der Waals surface area contributed by atoms with Gasteiger partial charge in [-0.05, 0) is 12.8 Å². The summed E-state index contributed by atoms with van der Waals surface area (Å²) in [4.78, 5) is 23.6. The van der Waals surface area contributed by atoms with Gasteiger partial charge in [0, 0.05) is 0 Å². The number of hydrogen-bond acceptors (Lipinski definition) is 2. The van der Waals surface area contributed by atoms with Crippen LogP contribution in [0.2, 0.25) is 0 Å². The molecule has 0 spiro atoms. The van der Waals surface area contributed by atoms with Crippen molar-refractivity contribution in [2.75, 3.05) is 0 Å². The number of rotatable bonds is 28. The standard InChI is InChI=1S/C31H60O4/c1-3-5-7-9-11-13-14-15-16-17-18-19-21-23-25-27-29(31(34)35)28(30(32)33)26-24-22-20-12-10-8-6-4-2/h28-29H,3-27H2,1-2H3,(H,32,33)(H,34,35). The second kappa shape index (κ2) is 26.0. The van der Waals surface area contributed by atoms with E-state index in [1.807, 2.05) is 0 Å². The Hall–Kier alpha value is -1.06. The van der Waals surface area contributed by atoms with Gasteiger partial charge < -0.3 is 10.2 Å². The summed E-state index contributed by atoms with van der Waals surface area (Å²) in [5, 5.41) is 19.3. The maximum atomic E-state index is 11.8. The monoisotopic (exact) mass is 496 g/mol. The molecule has 0 aromatic heterocycles. The minimum atomic E-state index is -0.929. The lowest BCUT2D eigenvalue weighted by Crippen LogP contribution is -2.30. The van der Waals surface area contributed by atoms with Crippen LogP contribution in [0.15, 0.2) is 0 Å². The van der Waals surface area contributed by atoms with E-state index >= 15 is 0 Å². The second-order valence-electron chi connectivity index (χ2n) is 10.9. The third-order valence-electron chi connectivity index (χ3n) is 7.61. The molecule has 0 saturated heterocycles. The molecule has 2 atom stereocenters. The van der Waals surface area contributed by atoms with Gasteiger partial charge in [0.15, 0.2) is 0 Å². The lowest BCUT2D eigenvalue weighted by Gasteiger charge is -2.20. The van der Waals surface area contributed by atoms with Crippen LogP contribution in [0.4, 0.5) is 0 Å². The van der Waals surface area contributed by atoms with E-state index < -0.39 is 23.8 Å². The fourth-order valence-electron chi connectivity index (χ4n) is 5.23. The van der Waals surface area contributed by atoms with E-state index in [0.717, 1.165) is 38.5 Å². The first-order valence-electron chi connectivity index (χ1n) is 15.5. The number of hydrogen-bond donors (Lipinski definition) is 2. The van der Waals surface area contributed by atoms with Gasteiger partial charge in [-0.2, -0.15) is 0 Å². The fourth-order valence-corrected chi connectivity index (χ4v) is 5.23. The molecule has 0 heterocycles. The first-order valence-corrected chi connectivity index (χ1v) is 15.5. The van der Waals surface area contributed by atoms with Crippen LogP contribution in [0.25, 0.3) is 0 Å². The Morgan fingerprint density at radius 2 is 0.600 bits per heavy atom. The van der Waals surface area contributed by atoms with Crippen molar-refractivity contribution in [2.45, 2.75) is 174 Å². The van der Waals surface area contributed by atoms with E-state index in [9.17, 15) is 19.8 Å². The van der Waals surface area contributed by atoms with Crippen LogP contribution in [0, 0.1) is 11.8 Å². The summed E-state index contributed by atoms with van der Waals surface area (Å²) in [5.41, 5.74) is 0. The molecule has 208 valence electrons. The van der Waals surface area contributed by atoms with Crippen molar-refractivity contribution in [2.24, 2.45) is 11.8 Å². The van der Waals surface area contributed by atoms with Crippen LogP contribution >= 0.6 is 0 Å². The summed E-state index contributed by atoms with van der Waals surface area (Å²) in [6.45, 7) is 4.48. The van der Waals surface area contributed by atoms with E-state index in [2.05, 4.69) is 13.8 Å². The van der Waals surface area contributed by atoms with Gasteiger partial charge in [0.25, 0.3) is 0 Å². The molecule has 2 N–H and O–H groups in total. The van der Waals surface area contributed by atoms with Crippen LogP contribution in [-0.2, 0) is 9.59 Å². The topological polar surface area (TPSA) is 74.6 Å². The number of unbranched alkanes of at least 4 members (excludes halogenated alkanes) is 21. The van der Waals surface area contributed by atoms with Crippen molar-refractivity contribution >= 4 is 11.9 Å². The van der Waals surface area contributed by atoms with Crippen molar-refractivity contribution in [3.8, 4) is 0 Å². The highest BCUT2D eigenvalue weighted by Gasteiger charge is 2.32. The van der Waals surface area contributed by atoms with Crippen molar-refractivity contribution in [3.63, 3.8) is 0 Å². The van der Waals surface area contributed by atoms with Crippen LogP contribution < -0.4 is 0 Å². The van der Waals surface area contributed by atoms with Gasteiger partial charge in [-0.15, -0.1) is 0 Å². The molecule has 0 aromatic rings. The third-order valence-corrected chi connectivity index (χ3v) is 7.61. The lowest BCUT2D eigenvalue weighted by atomic mass is 9.84. The van der Waals surface area contributed by atoms with Gasteiger partial charge in [0.2, 0.25) is 0 Å². The molecule has 0 aromatic carbocycles. The van der Waals surface area contributed by atoms with Crippen LogP contribution in [-0.4, -0.2) is 22.2 Å². The van der Waals surface area contributed by atoms with E-state index in [-0.39, 0.29) is 0 Å². The van der Waals surface area contributed by atoms with Crippen LogP contribution in [0.5, 0.6) is 0 Å². The number of aliphatic carboxylic acids is 2. The summed E-state index contributed by atoms with van der Waals surface area (Å²) in [6.07, 6.45) is 29.5. The Balaban J connectivity index is 3.83. The van der Waals surface area contributed by atoms with Crippen molar-refractivity contribution in [1.29, 1.82) is 0 Å². The Morgan fingerprint density at radius 3 is 0.800 bits per heavy atom. The first kappa shape index (κ1) is 33.9. The molecule has 0 fully saturated rings. The summed E-state index contributed by atoms with van der Waals surface area (Å²) < 4.78 is 0. The van der Waals surface area contributed by atoms with Gasteiger partial charge in [-0.25, -0.2) is 0 Å². The largest absolute Gasteiger partial charge is 0.481 e. The highest BCUT2D eigenvalue weighted by molar-refractivity contribution is 5.79. The molecule has 0 aliphatic heterocycles. The highest BCUT2D eigenvalue weighted by atomic mass is 16.4. The molecule has 0 bridgehead atoms. The summed E-state index contributed by atoms with van der Waals surface area (Å²) >= 11 is 0. The molecule has 0 aliphatic rings. The Morgan fingerprint density at radius 1 is 0.400 bits per heavy atom. The quantitative estimate of drug-likeness (QED) is 0.106. The van der Waals surface area contributed by atoms with Crippen LogP contribution in [0.1, 0.15) is 174 Å². The summed E-state index contributed by atoms with van der Waals surface area (Å²) in [5.74, 6) is -3.33. The average molecular weight is 497 g/mol. The van der Waals surface area contributed by atoms with Gasteiger partial charge in [-0.1, -0.05) is 162 Å². The molecule has 0 amide bonds. The fraction of sp³-hybridized carbons (Fsp3) is 0.935. The third kappa shape index (κ3) is 21.9. The van der Waals surface area contributed by atoms with Gasteiger partial charge in [0.1, 0.15) is 0 Å². The normalized spacial score (nSPS) is 13.1. The Labute approximate surface area is 218 Å². The molecule has 4 heteroatoms. The van der Waals surface area contributed by atoms with E-state index in [4.69, 9.17) is 0 Å². The van der Waals surface area contributed by atoms with Crippen molar-refractivity contribution in [3.05, 3.63) is 0 Å². The second-order valence-corrected chi connectivity index (χ2v) is 10.9. The molecule has 0 saturated carbocycles. The number of carbonyl (C=O) groups is 2. The van der Waals surface area contributed by atoms with E-state index in [1.165, 1.54) is 109 Å². The molecule has 0 radical (unpaired) electrons. The molecule has 0 aliphatic carbocycles. The maximum absolute atomic E-state index is 11.8. The molecule has 4 nitrogen and oxygen atoms in total. The minimum Gasteiger partial charge on any atom is -0.481 e. The molecular weight excluding hydrogens is 436 g/mol. The zero-order valence-electron chi connectivity index (χ0n) is 23.5. The Bertz CT molecular complexity index is 477. The molecular formula is C31H60O4. The zero-order chi connectivity index (χ0) is 26.0. The molecule has 0 rings (SSSR count). The Kier molecular flexibility index (Phi) is 25.2. The predicted octanol–water partition coefficient (Wildman–Crippen LogP) is 10.2. The number of carboxylic acids is 2. The van der Waals surface area contributed by atoms with Crippen molar-refractivity contribution < 1.29 is 19.8 Å². The van der Waals surface area contributed by atoms with E-state index in [0.29, 0.717) is 12.8 Å². The van der Waals surface area contributed by atoms with E-state index in [1.54, 1.807) is 0 Å². The highest BCUT2D eigenvalue weighted by Crippen LogP contribution is 2.26. The summed E-state index contributed by atoms with van der Waals surface area (Å²) in [6, 6.07) is 0.